The van der Waals surface area contributed by atoms with Gasteiger partial charge in [0.25, 0.3) is 0 Å². The number of ketones is 1. The number of Topliss-reactive ketones (excluding diaryl/α,β-unsaturated/α-hetero) is 1. The van der Waals surface area contributed by atoms with Crippen molar-refractivity contribution in [1.82, 2.24) is 9.80 Å². The van der Waals surface area contributed by atoms with E-state index in [9.17, 15) is 9.59 Å². The van der Waals surface area contributed by atoms with Crippen molar-refractivity contribution in [3.63, 3.8) is 0 Å². The van der Waals surface area contributed by atoms with E-state index in [0.717, 1.165) is 39.0 Å². The number of hydrogen-bond donors (Lipinski definition) is 0. The minimum atomic E-state index is -0.436. The number of piperazine rings is 1. The lowest BCUT2D eigenvalue weighted by molar-refractivity contribution is -0.149. The molecule has 4 nitrogen and oxygen atoms in total. The van der Waals surface area contributed by atoms with Gasteiger partial charge in [0.1, 0.15) is 5.78 Å². The van der Waals surface area contributed by atoms with Gasteiger partial charge in [-0.25, -0.2) is 0 Å². The molecule has 2 aliphatic carbocycles. The van der Waals surface area contributed by atoms with Gasteiger partial charge in [0.15, 0.2) is 0 Å². The molecule has 4 heteroatoms. The summed E-state index contributed by atoms with van der Waals surface area (Å²) < 4.78 is 0. The van der Waals surface area contributed by atoms with Crippen LogP contribution in [0.15, 0.2) is 0 Å². The standard InChI is InChI=1S/C16H26N2O2/c1-14(2)15(3)5-6-16(14,11-12(15)19)13(20)18-9-7-17(4)8-10-18/h5-11H2,1-4H3. The molecule has 3 aliphatic rings. The molecule has 1 aliphatic heterocycles. The summed E-state index contributed by atoms with van der Waals surface area (Å²) in [5.74, 6) is 0.543. The van der Waals surface area contributed by atoms with Crippen molar-refractivity contribution in [3.05, 3.63) is 0 Å². The Hall–Kier alpha value is -0.900. The Kier molecular flexibility index (Phi) is 2.85. The highest BCUT2D eigenvalue weighted by Gasteiger charge is 2.72. The van der Waals surface area contributed by atoms with Gasteiger partial charge in [-0.3, -0.25) is 9.59 Å². The smallest absolute Gasteiger partial charge is 0.229 e. The molecule has 0 aromatic rings. The highest BCUT2D eigenvalue weighted by Crippen LogP contribution is 2.70. The number of likely N-dealkylation sites (N-methyl/N-ethyl adjacent to an activating group) is 1. The van der Waals surface area contributed by atoms with E-state index in [1.165, 1.54) is 0 Å². The van der Waals surface area contributed by atoms with E-state index in [1.807, 2.05) is 4.90 Å². The SMILES string of the molecule is CN1CCN(C(=O)C23CCC(C)(C(=O)C2)C3(C)C)CC1. The molecule has 0 aromatic heterocycles. The first-order valence-electron chi connectivity index (χ1n) is 7.76. The van der Waals surface area contributed by atoms with Gasteiger partial charge >= 0.3 is 0 Å². The van der Waals surface area contributed by atoms with E-state index in [2.05, 4.69) is 32.7 Å². The number of amides is 1. The third-order valence-electron chi connectivity index (χ3n) is 6.91. The van der Waals surface area contributed by atoms with Crippen LogP contribution in [0.2, 0.25) is 0 Å². The summed E-state index contributed by atoms with van der Waals surface area (Å²) in [6.45, 7) is 9.83. The lowest BCUT2D eigenvalue weighted by Gasteiger charge is -2.43. The summed E-state index contributed by atoms with van der Waals surface area (Å²) in [6, 6.07) is 0. The first-order chi connectivity index (χ1) is 9.24. The van der Waals surface area contributed by atoms with E-state index in [0.29, 0.717) is 12.2 Å². The number of rotatable bonds is 1. The van der Waals surface area contributed by atoms with Crippen LogP contribution in [0.4, 0.5) is 0 Å². The molecule has 0 N–H and O–H groups in total. The number of nitrogens with zero attached hydrogens (tertiary/aromatic N) is 2. The summed E-state index contributed by atoms with van der Waals surface area (Å²) in [5.41, 5.74) is -0.943. The second-order valence-corrected chi connectivity index (χ2v) is 7.73. The summed E-state index contributed by atoms with van der Waals surface area (Å²) in [7, 11) is 2.09. The van der Waals surface area contributed by atoms with Gasteiger partial charge in [0, 0.05) is 38.0 Å². The van der Waals surface area contributed by atoms with Crippen molar-refractivity contribution < 1.29 is 9.59 Å². The zero-order chi connectivity index (χ0) is 14.8. The summed E-state index contributed by atoms with van der Waals surface area (Å²) in [6.07, 6.45) is 2.22. The fourth-order valence-electron chi connectivity index (χ4n) is 4.65. The molecule has 1 amide bonds. The molecule has 1 heterocycles. The Bertz CT molecular complexity index is 465. The molecular formula is C16H26N2O2. The molecule has 0 aromatic carbocycles. The Morgan fingerprint density at radius 2 is 1.65 bits per heavy atom. The van der Waals surface area contributed by atoms with Gasteiger partial charge in [-0.05, 0) is 25.3 Å². The maximum Gasteiger partial charge on any atom is 0.229 e. The topological polar surface area (TPSA) is 40.6 Å². The van der Waals surface area contributed by atoms with Crippen LogP contribution in [0.25, 0.3) is 0 Å². The molecule has 3 rings (SSSR count). The molecule has 0 spiro atoms. The zero-order valence-electron chi connectivity index (χ0n) is 13.2. The minimum Gasteiger partial charge on any atom is -0.340 e. The van der Waals surface area contributed by atoms with Crippen LogP contribution in [-0.2, 0) is 9.59 Å². The van der Waals surface area contributed by atoms with Crippen LogP contribution in [0.3, 0.4) is 0 Å². The minimum absolute atomic E-state index is 0.211. The van der Waals surface area contributed by atoms with Crippen molar-refractivity contribution in [2.75, 3.05) is 33.2 Å². The van der Waals surface area contributed by atoms with Crippen molar-refractivity contribution in [2.45, 2.75) is 40.0 Å². The number of fused-ring (bicyclic) bond motifs is 2. The van der Waals surface area contributed by atoms with Crippen molar-refractivity contribution in [3.8, 4) is 0 Å². The van der Waals surface area contributed by atoms with Gasteiger partial charge in [-0.15, -0.1) is 0 Å². The predicted molar refractivity (Wildman–Crippen MR) is 77.3 cm³/mol. The van der Waals surface area contributed by atoms with Gasteiger partial charge in [0.05, 0.1) is 5.41 Å². The molecule has 2 atom stereocenters. The lowest BCUT2D eigenvalue weighted by Crippen LogP contribution is -2.54. The van der Waals surface area contributed by atoms with Gasteiger partial charge in [0.2, 0.25) is 5.91 Å². The normalized spacial score (nSPS) is 40.4. The summed E-state index contributed by atoms with van der Waals surface area (Å²) in [5, 5.41) is 0. The second kappa shape index (κ2) is 4.06. The Balaban J connectivity index is 1.90. The van der Waals surface area contributed by atoms with E-state index < -0.39 is 5.41 Å². The second-order valence-electron chi connectivity index (χ2n) is 7.73. The average Bonchev–Trinajstić information content (AvgIpc) is 2.69. The quantitative estimate of drug-likeness (QED) is 0.730. The third-order valence-corrected chi connectivity index (χ3v) is 6.91. The summed E-state index contributed by atoms with van der Waals surface area (Å²) >= 11 is 0. The highest BCUT2D eigenvalue weighted by molar-refractivity contribution is 5.99. The van der Waals surface area contributed by atoms with Gasteiger partial charge in [-0.1, -0.05) is 20.8 Å². The van der Waals surface area contributed by atoms with Crippen LogP contribution in [0.5, 0.6) is 0 Å². The van der Waals surface area contributed by atoms with Crippen LogP contribution in [-0.4, -0.2) is 54.7 Å². The van der Waals surface area contributed by atoms with Crippen LogP contribution in [0, 0.1) is 16.2 Å². The number of hydrogen-bond acceptors (Lipinski definition) is 3. The van der Waals surface area contributed by atoms with Gasteiger partial charge in [-0.2, -0.15) is 0 Å². The van der Waals surface area contributed by atoms with Crippen molar-refractivity contribution >= 4 is 11.7 Å². The van der Waals surface area contributed by atoms with Crippen LogP contribution < -0.4 is 0 Å². The molecular weight excluding hydrogens is 252 g/mol. The molecule has 20 heavy (non-hydrogen) atoms. The highest BCUT2D eigenvalue weighted by atomic mass is 16.2. The van der Waals surface area contributed by atoms with E-state index in [-0.39, 0.29) is 16.7 Å². The fraction of sp³-hybridized carbons (Fsp3) is 0.875. The number of carbonyl (C=O) groups excluding carboxylic acids is 2. The monoisotopic (exact) mass is 278 g/mol. The van der Waals surface area contributed by atoms with E-state index >= 15 is 0 Å². The van der Waals surface area contributed by atoms with Crippen molar-refractivity contribution in [2.24, 2.45) is 16.2 Å². The van der Waals surface area contributed by atoms with Gasteiger partial charge < -0.3 is 9.80 Å². The molecule has 2 saturated carbocycles. The first-order valence-corrected chi connectivity index (χ1v) is 7.76. The Labute approximate surface area is 121 Å². The molecule has 1 saturated heterocycles. The molecule has 2 bridgehead atoms. The van der Waals surface area contributed by atoms with Crippen LogP contribution in [0.1, 0.15) is 40.0 Å². The number of carbonyl (C=O) groups is 2. The fourth-order valence-corrected chi connectivity index (χ4v) is 4.65. The first kappa shape index (κ1) is 14.1. The Morgan fingerprint density at radius 1 is 1.05 bits per heavy atom. The Morgan fingerprint density at radius 3 is 2.10 bits per heavy atom. The van der Waals surface area contributed by atoms with E-state index in [1.54, 1.807) is 0 Å². The molecule has 112 valence electrons. The largest absolute Gasteiger partial charge is 0.340 e. The molecule has 0 radical (unpaired) electrons. The maximum absolute atomic E-state index is 13.1. The average molecular weight is 278 g/mol. The zero-order valence-corrected chi connectivity index (χ0v) is 13.2. The maximum atomic E-state index is 13.1. The molecule has 2 unspecified atom stereocenters. The van der Waals surface area contributed by atoms with E-state index in [4.69, 9.17) is 0 Å². The van der Waals surface area contributed by atoms with Crippen LogP contribution >= 0.6 is 0 Å². The van der Waals surface area contributed by atoms with Crippen molar-refractivity contribution in [1.29, 1.82) is 0 Å². The molecule has 3 fully saturated rings. The predicted octanol–water partition coefficient (Wildman–Crippen LogP) is 1.55. The third kappa shape index (κ3) is 1.46. The summed E-state index contributed by atoms with van der Waals surface area (Å²) in [4.78, 5) is 29.8. The lowest BCUT2D eigenvalue weighted by atomic mass is 9.64.